The Morgan fingerprint density at radius 2 is 2.31 bits per heavy atom. The van der Waals surface area contributed by atoms with Gasteiger partial charge in [-0.25, -0.2) is 0 Å². The number of unbranched alkanes of at least 4 members (excludes halogenated alkanes) is 1. The minimum absolute atomic E-state index is 0.515. The molecule has 0 aliphatic carbocycles. The fraction of sp³-hybridized carbons (Fsp3) is 0.571. The maximum atomic E-state index is 5.67. The Hall–Kier alpha value is -1.02. The highest BCUT2D eigenvalue weighted by Gasteiger charge is 2.23. The first-order chi connectivity index (χ1) is 7.85. The second kappa shape index (κ2) is 5.35. The Morgan fingerprint density at radius 3 is 3.06 bits per heavy atom. The van der Waals surface area contributed by atoms with Crippen LogP contribution < -0.4 is 10.5 Å². The van der Waals surface area contributed by atoms with Gasteiger partial charge in [0.1, 0.15) is 5.75 Å². The molecule has 1 aromatic rings. The summed E-state index contributed by atoms with van der Waals surface area (Å²) in [6, 6.07) is 6.63. The minimum Gasteiger partial charge on any atom is -0.493 e. The highest BCUT2D eigenvalue weighted by molar-refractivity contribution is 5.42. The minimum atomic E-state index is 0.515. The number of nitrogens with two attached hydrogens (primary N) is 1. The molecule has 0 saturated heterocycles. The number of hydrogen-bond donors (Lipinski definition) is 1. The Morgan fingerprint density at radius 1 is 1.44 bits per heavy atom. The zero-order valence-electron chi connectivity index (χ0n) is 10.0. The summed E-state index contributed by atoms with van der Waals surface area (Å²) >= 11 is 0. The second-order valence-corrected chi connectivity index (χ2v) is 4.56. The van der Waals surface area contributed by atoms with Gasteiger partial charge in [-0.2, -0.15) is 0 Å². The zero-order valence-corrected chi connectivity index (χ0v) is 10.0. The van der Waals surface area contributed by atoms with Crippen LogP contribution in [0.5, 0.6) is 5.75 Å². The van der Waals surface area contributed by atoms with Crippen LogP contribution in [0.15, 0.2) is 18.2 Å². The molecule has 2 nitrogen and oxygen atoms in total. The van der Waals surface area contributed by atoms with Crippen molar-refractivity contribution in [2.24, 2.45) is 5.73 Å². The summed E-state index contributed by atoms with van der Waals surface area (Å²) in [5, 5.41) is 0. The Balaban J connectivity index is 2.13. The normalized spacial score (nSPS) is 18.2. The third-order valence-electron chi connectivity index (χ3n) is 3.29. The first kappa shape index (κ1) is 11.5. The maximum absolute atomic E-state index is 5.67. The van der Waals surface area contributed by atoms with Gasteiger partial charge in [-0.05, 0) is 37.4 Å². The van der Waals surface area contributed by atoms with E-state index in [1.807, 2.05) is 0 Å². The van der Waals surface area contributed by atoms with E-state index in [4.69, 9.17) is 10.5 Å². The Kier molecular flexibility index (Phi) is 3.83. The molecule has 2 heteroatoms. The van der Waals surface area contributed by atoms with Crippen molar-refractivity contribution >= 4 is 0 Å². The van der Waals surface area contributed by atoms with Crippen LogP contribution in [0.25, 0.3) is 0 Å². The van der Waals surface area contributed by atoms with Crippen molar-refractivity contribution in [2.75, 3.05) is 13.2 Å². The summed E-state index contributed by atoms with van der Waals surface area (Å²) in [5.74, 6) is 1.58. The monoisotopic (exact) mass is 219 g/mol. The van der Waals surface area contributed by atoms with Crippen molar-refractivity contribution < 1.29 is 4.74 Å². The molecule has 2 N–H and O–H groups in total. The molecule has 16 heavy (non-hydrogen) atoms. The summed E-state index contributed by atoms with van der Waals surface area (Å²) in [6.07, 6.45) is 4.73. The smallest absolute Gasteiger partial charge is 0.122 e. The lowest BCUT2D eigenvalue weighted by atomic mass is 9.95. The van der Waals surface area contributed by atoms with Gasteiger partial charge in [0.05, 0.1) is 6.61 Å². The molecule has 0 saturated carbocycles. The quantitative estimate of drug-likeness (QED) is 0.826. The van der Waals surface area contributed by atoms with Crippen LogP contribution in [0.1, 0.15) is 43.2 Å². The fourth-order valence-electron chi connectivity index (χ4n) is 2.30. The predicted molar refractivity (Wildman–Crippen MR) is 67.0 cm³/mol. The Bertz CT molecular complexity index is 347. The van der Waals surface area contributed by atoms with E-state index in [0.717, 1.165) is 25.3 Å². The van der Waals surface area contributed by atoms with Gasteiger partial charge in [-0.15, -0.1) is 0 Å². The summed E-state index contributed by atoms with van der Waals surface area (Å²) < 4.78 is 5.67. The van der Waals surface area contributed by atoms with E-state index in [1.54, 1.807) is 0 Å². The van der Waals surface area contributed by atoms with E-state index in [9.17, 15) is 0 Å². The molecule has 1 unspecified atom stereocenters. The van der Waals surface area contributed by atoms with Crippen LogP contribution in [0.4, 0.5) is 0 Å². The predicted octanol–water partition coefficient (Wildman–Crippen LogP) is 2.85. The summed E-state index contributed by atoms with van der Waals surface area (Å²) in [5.41, 5.74) is 8.44. The van der Waals surface area contributed by atoms with Crippen LogP contribution in [0.3, 0.4) is 0 Å². The van der Waals surface area contributed by atoms with Gasteiger partial charge in [0, 0.05) is 11.5 Å². The van der Waals surface area contributed by atoms with Crippen molar-refractivity contribution in [1.82, 2.24) is 0 Å². The van der Waals surface area contributed by atoms with Crippen LogP contribution in [-0.2, 0) is 6.42 Å². The number of benzene rings is 1. The third kappa shape index (κ3) is 2.38. The molecular formula is C14H21NO. The molecule has 2 rings (SSSR count). The van der Waals surface area contributed by atoms with Crippen LogP contribution >= 0.6 is 0 Å². The van der Waals surface area contributed by atoms with Crippen molar-refractivity contribution in [2.45, 2.75) is 38.5 Å². The molecule has 1 aromatic carbocycles. The average molecular weight is 219 g/mol. The number of ether oxygens (including phenoxy) is 1. The highest BCUT2D eigenvalue weighted by Crippen LogP contribution is 2.36. The molecule has 1 aliphatic heterocycles. The molecule has 0 bridgehead atoms. The Labute approximate surface area is 97.8 Å². The molecule has 0 radical (unpaired) electrons. The average Bonchev–Trinajstić information content (AvgIpc) is 2.70. The van der Waals surface area contributed by atoms with E-state index < -0.39 is 0 Å². The zero-order chi connectivity index (χ0) is 11.4. The molecular weight excluding hydrogens is 198 g/mol. The number of hydrogen-bond acceptors (Lipinski definition) is 2. The van der Waals surface area contributed by atoms with Crippen molar-refractivity contribution in [3.8, 4) is 5.75 Å². The largest absolute Gasteiger partial charge is 0.493 e. The lowest BCUT2D eigenvalue weighted by Crippen LogP contribution is -2.08. The number of fused-ring (bicyclic) bond motifs is 1. The van der Waals surface area contributed by atoms with Gasteiger partial charge < -0.3 is 10.5 Å². The summed E-state index contributed by atoms with van der Waals surface area (Å²) in [7, 11) is 0. The molecule has 1 heterocycles. The number of rotatable bonds is 5. The summed E-state index contributed by atoms with van der Waals surface area (Å²) in [6.45, 7) is 3.78. The first-order valence-corrected chi connectivity index (χ1v) is 6.30. The van der Waals surface area contributed by atoms with Gasteiger partial charge in [-0.3, -0.25) is 0 Å². The fourth-order valence-corrected chi connectivity index (χ4v) is 2.30. The van der Waals surface area contributed by atoms with Gasteiger partial charge in [0.25, 0.3) is 0 Å². The highest BCUT2D eigenvalue weighted by atomic mass is 16.5. The van der Waals surface area contributed by atoms with Crippen LogP contribution in [-0.4, -0.2) is 13.2 Å². The SMILES string of the molecule is CCCCc1ccc2c(c1)C(CCN)CO2. The van der Waals surface area contributed by atoms with E-state index in [1.165, 1.54) is 30.4 Å². The van der Waals surface area contributed by atoms with E-state index >= 15 is 0 Å². The lowest BCUT2D eigenvalue weighted by Gasteiger charge is -2.08. The van der Waals surface area contributed by atoms with Gasteiger partial charge in [-0.1, -0.05) is 25.5 Å². The molecule has 88 valence electrons. The van der Waals surface area contributed by atoms with Crippen LogP contribution in [0.2, 0.25) is 0 Å². The topological polar surface area (TPSA) is 35.2 Å². The molecule has 1 aliphatic rings. The van der Waals surface area contributed by atoms with Crippen molar-refractivity contribution in [1.29, 1.82) is 0 Å². The van der Waals surface area contributed by atoms with E-state index in [2.05, 4.69) is 25.1 Å². The molecule has 0 spiro atoms. The molecule has 0 aromatic heterocycles. The third-order valence-corrected chi connectivity index (χ3v) is 3.29. The molecule has 0 amide bonds. The standard InChI is InChI=1S/C14H21NO/c1-2-3-4-11-5-6-14-13(9-11)12(7-8-15)10-16-14/h5-6,9,12H,2-4,7-8,10,15H2,1H3. The van der Waals surface area contributed by atoms with E-state index in [-0.39, 0.29) is 0 Å². The van der Waals surface area contributed by atoms with Crippen LogP contribution in [0, 0.1) is 0 Å². The van der Waals surface area contributed by atoms with Crippen molar-refractivity contribution in [3.63, 3.8) is 0 Å². The van der Waals surface area contributed by atoms with Gasteiger partial charge in [0.15, 0.2) is 0 Å². The second-order valence-electron chi connectivity index (χ2n) is 4.56. The van der Waals surface area contributed by atoms with E-state index in [0.29, 0.717) is 5.92 Å². The number of aryl methyl sites for hydroxylation is 1. The lowest BCUT2D eigenvalue weighted by molar-refractivity contribution is 0.326. The van der Waals surface area contributed by atoms with Crippen molar-refractivity contribution in [3.05, 3.63) is 29.3 Å². The van der Waals surface area contributed by atoms with Gasteiger partial charge >= 0.3 is 0 Å². The summed E-state index contributed by atoms with van der Waals surface area (Å²) in [4.78, 5) is 0. The maximum Gasteiger partial charge on any atom is 0.122 e. The molecule has 1 atom stereocenters. The van der Waals surface area contributed by atoms with Gasteiger partial charge in [0.2, 0.25) is 0 Å². The molecule has 0 fully saturated rings. The first-order valence-electron chi connectivity index (χ1n) is 6.30.